The highest BCUT2D eigenvalue weighted by atomic mass is 32.2. The molecule has 0 heterocycles. The second kappa shape index (κ2) is 8.89. The van der Waals surface area contributed by atoms with Crippen LogP contribution in [0.4, 0.5) is 0 Å². The van der Waals surface area contributed by atoms with Crippen LogP contribution in [-0.4, -0.2) is 58.1 Å². The maximum atomic E-state index is 11.0. The van der Waals surface area contributed by atoms with Gasteiger partial charge in [0.1, 0.15) is 9.84 Å². The molecule has 5 heteroatoms. The summed E-state index contributed by atoms with van der Waals surface area (Å²) in [5.41, 5.74) is 0. The zero-order valence-electron chi connectivity index (χ0n) is 11.7. The number of hydrogen-bond acceptors (Lipinski definition) is 4. The van der Waals surface area contributed by atoms with E-state index in [9.17, 15) is 8.42 Å². The van der Waals surface area contributed by atoms with Crippen LogP contribution in [0.3, 0.4) is 0 Å². The van der Waals surface area contributed by atoms with Crippen molar-refractivity contribution in [3.63, 3.8) is 0 Å². The summed E-state index contributed by atoms with van der Waals surface area (Å²) in [6, 6.07) is 0.554. The quantitative estimate of drug-likeness (QED) is 0.643. The Labute approximate surface area is 107 Å². The van der Waals surface area contributed by atoms with E-state index in [0.29, 0.717) is 12.6 Å². The molecule has 1 unspecified atom stereocenters. The highest BCUT2D eigenvalue weighted by Gasteiger charge is 2.06. The highest BCUT2D eigenvalue weighted by Crippen LogP contribution is 1.99. The van der Waals surface area contributed by atoms with E-state index in [2.05, 4.69) is 24.1 Å². The summed E-state index contributed by atoms with van der Waals surface area (Å²) in [5.74, 6) is 0.257. The van der Waals surface area contributed by atoms with Crippen molar-refractivity contribution in [2.24, 2.45) is 0 Å². The standard InChI is InChI=1S/C12H28N2O2S/c1-5-8-13-12(2)7-6-9-14(3)10-11-17(4,15)16/h12-13H,5-11H2,1-4H3. The molecule has 0 saturated carbocycles. The van der Waals surface area contributed by atoms with Crippen LogP contribution < -0.4 is 5.32 Å². The summed E-state index contributed by atoms with van der Waals surface area (Å²) in [6.45, 7) is 7.04. The van der Waals surface area contributed by atoms with E-state index < -0.39 is 9.84 Å². The SMILES string of the molecule is CCCNC(C)CCCN(C)CCS(C)(=O)=O. The first kappa shape index (κ1) is 16.9. The Morgan fingerprint density at radius 2 is 1.94 bits per heavy atom. The average Bonchev–Trinajstić information content (AvgIpc) is 2.22. The highest BCUT2D eigenvalue weighted by molar-refractivity contribution is 7.90. The van der Waals surface area contributed by atoms with Gasteiger partial charge in [0.15, 0.2) is 0 Å². The second-order valence-corrected chi connectivity index (χ2v) is 7.19. The summed E-state index contributed by atoms with van der Waals surface area (Å²) in [5, 5.41) is 3.45. The minimum absolute atomic E-state index is 0.257. The van der Waals surface area contributed by atoms with Gasteiger partial charge in [0.25, 0.3) is 0 Å². The Kier molecular flexibility index (Phi) is 8.82. The summed E-state index contributed by atoms with van der Waals surface area (Å²) in [4.78, 5) is 2.09. The third-order valence-electron chi connectivity index (χ3n) is 2.76. The van der Waals surface area contributed by atoms with Crippen LogP contribution in [0.15, 0.2) is 0 Å². The van der Waals surface area contributed by atoms with Crippen molar-refractivity contribution in [1.82, 2.24) is 10.2 Å². The molecule has 0 bridgehead atoms. The van der Waals surface area contributed by atoms with E-state index in [-0.39, 0.29) is 5.75 Å². The van der Waals surface area contributed by atoms with Gasteiger partial charge >= 0.3 is 0 Å². The molecule has 0 aromatic rings. The van der Waals surface area contributed by atoms with E-state index in [4.69, 9.17) is 0 Å². The van der Waals surface area contributed by atoms with Crippen molar-refractivity contribution >= 4 is 9.84 Å². The third kappa shape index (κ3) is 12.1. The maximum Gasteiger partial charge on any atom is 0.148 e. The molecule has 104 valence electrons. The van der Waals surface area contributed by atoms with Crippen molar-refractivity contribution in [1.29, 1.82) is 0 Å². The molecule has 1 N–H and O–H groups in total. The molecule has 0 aliphatic heterocycles. The lowest BCUT2D eigenvalue weighted by molar-refractivity contribution is 0.333. The smallest absolute Gasteiger partial charge is 0.148 e. The molecule has 0 rings (SSSR count). The Hall–Kier alpha value is -0.130. The van der Waals surface area contributed by atoms with Crippen molar-refractivity contribution in [3.8, 4) is 0 Å². The van der Waals surface area contributed by atoms with E-state index >= 15 is 0 Å². The Morgan fingerprint density at radius 3 is 2.47 bits per heavy atom. The van der Waals surface area contributed by atoms with Crippen LogP contribution >= 0.6 is 0 Å². The van der Waals surface area contributed by atoms with Crippen molar-refractivity contribution < 1.29 is 8.42 Å². The van der Waals surface area contributed by atoms with Gasteiger partial charge in [-0.15, -0.1) is 0 Å². The van der Waals surface area contributed by atoms with Crippen LogP contribution in [0, 0.1) is 0 Å². The molecule has 0 aliphatic rings. The minimum atomic E-state index is -2.83. The zero-order valence-corrected chi connectivity index (χ0v) is 12.5. The second-order valence-electron chi connectivity index (χ2n) is 4.93. The van der Waals surface area contributed by atoms with Gasteiger partial charge in [-0.2, -0.15) is 0 Å². The van der Waals surface area contributed by atoms with Gasteiger partial charge < -0.3 is 10.2 Å². The van der Waals surface area contributed by atoms with Crippen molar-refractivity contribution in [2.45, 2.75) is 39.2 Å². The lowest BCUT2D eigenvalue weighted by atomic mass is 10.2. The van der Waals surface area contributed by atoms with E-state index in [1.165, 1.54) is 12.7 Å². The average molecular weight is 264 g/mol. The summed E-state index contributed by atoms with van der Waals surface area (Å²) >= 11 is 0. The fourth-order valence-corrected chi connectivity index (χ4v) is 2.24. The molecule has 0 radical (unpaired) electrons. The van der Waals surface area contributed by atoms with Gasteiger partial charge in [-0.25, -0.2) is 8.42 Å². The molecule has 0 spiro atoms. The molecular weight excluding hydrogens is 236 g/mol. The molecular formula is C12H28N2O2S. The number of nitrogens with zero attached hydrogens (tertiary/aromatic N) is 1. The van der Waals surface area contributed by atoms with Crippen molar-refractivity contribution in [2.75, 3.05) is 38.7 Å². The van der Waals surface area contributed by atoms with Gasteiger partial charge in [0.05, 0.1) is 5.75 Å². The summed E-state index contributed by atoms with van der Waals surface area (Å²) in [6.07, 6.45) is 4.71. The largest absolute Gasteiger partial charge is 0.314 e. The fourth-order valence-electron chi connectivity index (χ4n) is 1.59. The normalized spacial score (nSPS) is 14.2. The molecule has 0 aromatic heterocycles. The van der Waals surface area contributed by atoms with Crippen LogP contribution in [-0.2, 0) is 9.84 Å². The molecule has 0 saturated heterocycles. The lowest BCUT2D eigenvalue weighted by Gasteiger charge is -2.18. The zero-order chi connectivity index (χ0) is 13.3. The third-order valence-corrected chi connectivity index (χ3v) is 3.69. The molecule has 17 heavy (non-hydrogen) atoms. The van der Waals surface area contributed by atoms with Gasteiger partial charge in [-0.3, -0.25) is 0 Å². The van der Waals surface area contributed by atoms with Gasteiger partial charge in [-0.05, 0) is 46.3 Å². The molecule has 1 atom stereocenters. The van der Waals surface area contributed by atoms with Crippen LogP contribution in [0.2, 0.25) is 0 Å². The van der Waals surface area contributed by atoms with E-state index in [1.807, 2.05) is 7.05 Å². The first-order valence-corrected chi connectivity index (χ1v) is 8.51. The fraction of sp³-hybridized carbons (Fsp3) is 1.00. The predicted molar refractivity (Wildman–Crippen MR) is 74.2 cm³/mol. The van der Waals surface area contributed by atoms with Crippen LogP contribution in [0.25, 0.3) is 0 Å². The lowest BCUT2D eigenvalue weighted by Crippen LogP contribution is -2.30. The molecule has 0 amide bonds. The first-order valence-electron chi connectivity index (χ1n) is 6.44. The topological polar surface area (TPSA) is 49.4 Å². The Balaban J connectivity index is 3.54. The molecule has 0 aromatic carbocycles. The Morgan fingerprint density at radius 1 is 1.29 bits per heavy atom. The van der Waals surface area contributed by atoms with Gasteiger partial charge in [0.2, 0.25) is 0 Å². The molecule has 0 aliphatic carbocycles. The number of rotatable bonds is 10. The monoisotopic (exact) mass is 264 g/mol. The van der Waals surface area contributed by atoms with E-state index in [0.717, 1.165) is 25.9 Å². The van der Waals surface area contributed by atoms with E-state index in [1.54, 1.807) is 0 Å². The molecule has 4 nitrogen and oxygen atoms in total. The van der Waals surface area contributed by atoms with Gasteiger partial charge in [0, 0.05) is 18.8 Å². The van der Waals surface area contributed by atoms with Crippen LogP contribution in [0.1, 0.15) is 33.1 Å². The van der Waals surface area contributed by atoms with Gasteiger partial charge in [-0.1, -0.05) is 6.92 Å². The minimum Gasteiger partial charge on any atom is -0.314 e. The maximum absolute atomic E-state index is 11.0. The summed E-state index contributed by atoms with van der Waals surface area (Å²) in [7, 11) is -0.845. The van der Waals surface area contributed by atoms with Crippen LogP contribution in [0.5, 0.6) is 0 Å². The number of sulfone groups is 1. The first-order chi connectivity index (χ1) is 7.85. The Bertz CT molecular complexity index is 278. The number of nitrogens with one attached hydrogen (secondary N) is 1. The summed E-state index contributed by atoms with van der Waals surface area (Å²) < 4.78 is 22.0. The predicted octanol–water partition coefficient (Wildman–Crippen LogP) is 1.13. The van der Waals surface area contributed by atoms with Crippen molar-refractivity contribution in [3.05, 3.63) is 0 Å². The number of hydrogen-bond donors (Lipinski definition) is 1. The molecule has 0 fully saturated rings.